The van der Waals surface area contributed by atoms with Crippen molar-refractivity contribution < 1.29 is 14.7 Å². The van der Waals surface area contributed by atoms with E-state index in [0.717, 1.165) is 38.9 Å². The highest BCUT2D eigenvalue weighted by molar-refractivity contribution is 6.04. The molecule has 1 heterocycles. The van der Waals surface area contributed by atoms with E-state index in [1.807, 2.05) is 128 Å². The van der Waals surface area contributed by atoms with Crippen molar-refractivity contribution in [2.45, 2.75) is 19.4 Å². The number of carboxylic acids is 1. The van der Waals surface area contributed by atoms with E-state index in [9.17, 15) is 19.5 Å². The van der Waals surface area contributed by atoms with Crippen LogP contribution in [0.2, 0.25) is 0 Å². The van der Waals surface area contributed by atoms with E-state index in [1.165, 1.54) is 4.57 Å². The van der Waals surface area contributed by atoms with Crippen LogP contribution in [0.25, 0.3) is 33.4 Å². The lowest BCUT2D eigenvalue weighted by Crippen LogP contribution is -2.33. The number of pyridine rings is 1. The maximum atomic E-state index is 13.9. The molecule has 0 saturated carbocycles. The summed E-state index contributed by atoms with van der Waals surface area (Å²) in [7, 11) is 0. The number of rotatable bonds is 9. The first kappa shape index (κ1) is 30.0. The van der Waals surface area contributed by atoms with Gasteiger partial charge in [-0.1, -0.05) is 127 Å². The van der Waals surface area contributed by atoms with E-state index < -0.39 is 23.5 Å². The van der Waals surface area contributed by atoms with Crippen LogP contribution >= 0.6 is 0 Å². The Balaban J connectivity index is 1.38. The number of benzene rings is 5. The van der Waals surface area contributed by atoms with E-state index in [0.29, 0.717) is 11.1 Å². The van der Waals surface area contributed by atoms with Gasteiger partial charge >= 0.3 is 5.97 Å². The van der Waals surface area contributed by atoms with Crippen LogP contribution in [0.3, 0.4) is 0 Å². The van der Waals surface area contributed by atoms with Gasteiger partial charge < -0.3 is 10.4 Å². The maximum absolute atomic E-state index is 13.9. The predicted octanol–water partition coefficient (Wildman–Crippen LogP) is 8.28. The molecule has 0 radical (unpaired) electrons. The van der Waals surface area contributed by atoms with E-state index in [1.54, 1.807) is 24.4 Å². The number of anilines is 1. The summed E-state index contributed by atoms with van der Waals surface area (Å²) in [6, 6.07) is 42.7. The molecule has 0 bridgehead atoms. The number of aromatic nitrogens is 1. The summed E-state index contributed by atoms with van der Waals surface area (Å²) in [5, 5.41) is 13.1. The molecule has 0 aliphatic heterocycles. The Kier molecular flexibility index (Phi) is 8.70. The van der Waals surface area contributed by atoms with Crippen molar-refractivity contribution in [3.63, 3.8) is 0 Å². The van der Waals surface area contributed by atoms with E-state index >= 15 is 0 Å². The Morgan fingerprint density at radius 2 is 1.13 bits per heavy atom. The standard InChI is InChI=1S/C40H32N2O4/c1-27-12-14-28(15-13-27)24-37(40(45)46)42-26-35(33-18-16-31(17-19-33)29-8-4-2-5-9-29)25-36(39(42)44)41-38(43)34-22-20-32(21-23-34)30-10-6-3-7-11-30/h2-23,25-26,37H,24H2,1H3,(H,41,43)(H,45,46). The molecule has 46 heavy (non-hydrogen) atoms. The van der Waals surface area contributed by atoms with Crippen LogP contribution in [-0.4, -0.2) is 21.6 Å². The zero-order valence-electron chi connectivity index (χ0n) is 25.3. The van der Waals surface area contributed by atoms with Gasteiger partial charge in [-0.15, -0.1) is 0 Å². The molecular weight excluding hydrogens is 572 g/mol. The number of hydrogen-bond acceptors (Lipinski definition) is 3. The van der Waals surface area contributed by atoms with Gasteiger partial charge in [0.1, 0.15) is 11.7 Å². The molecule has 0 saturated heterocycles. The van der Waals surface area contributed by atoms with Gasteiger partial charge in [-0.05, 0) is 58.5 Å². The normalized spacial score (nSPS) is 11.5. The molecule has 2 N–H and O–H groups in total. The summed E-state index contributed by atoms with van der Waals surface area (Å²) in [5.41, 5.74) is 7.05. The Morgan fingerprint density at radius 3 is 1.65 bits per heavy atom. The Morgan fingerprint density at radius 1 is 0.652 bits per heavy atom. The Labute approximate surface area is 267 Å². The molecule has 6 aromatic rings. The fraction of sp³-hybridized carbons (Fsp3) is 0.0750. The van der Waals surface area contributed by atoms with Crippen molar-refractivity contribution in [3.8, 4) is 33.4 Å². The lowest BCUT2D eigenvalue weighted by Gasteiger charge is -2.19. The van der Waals surface area contributed by atoms with Crippen LogP contribution in [0.15, 0.2) is 151 Å². The first-order valence-electron chi connectivity index (χ1n) is 15.0. The van der Waals surface area contributed by atoms with Gasteiger partial charge in [0, 0.05) is 23.7 Å². The Bertz CT molecular complexity index is 2030. The van der Waals surface area contributed by atoms with Gasteiger partial charge in [0.05, 0.1) is 0 Å². The van der Waals surface area contributed by atoms with Crippen molar-refractivity contribution in [1.82, 2.24) is 4.57 Å². The van der Waals surface area contributed by atoms with E-state index in [4.69, 9.17) is 0 Å². The minimum atomic E-state index is -1.19. The number of nitrogens with one attached hydrogen (secondary N) is 1. The molecule has 6 rings (SSSR count). The van der Waals surface area contributed by atoms with Crippen LogP contribution in [0, 0.1) is 6.92 Å². The van der Waals surface area contributed by atoms with Crippen LogP contribution in [0.4, 0.5) is 5.69 Å². The number of nitrogens with zero attached hydrogens (tertiary/aromatic N) is 1. The van der Waals surface area contributed by atoms with Crippen LogP contribution in [-0.2, 0) is 11.2 Å². The van der Waals surface area contributed by atoms with Crippen LogP contribution < -0.4 is 10.9 Å². The molecular formula is C40H32N2O4. The van der Waals surface area contributed by atoms with E-state index in [2.05, 4.69) is 5.32 Å². The van der Waals surface area contributed by atoms with Crippen molar-refractivity contribution in [1.29, 1.82) is 0 Å². The van der Waals surface area contributed by atoms with E-state index in [-0.39, 0.29) is 12.1 Å². The number of carbonyl (C=O) groups excluding carboxylic acids is 1. The summed E-state index contributed by atoms with van der Waals surface area (Å²) < 4.78 is 1.22. The van der Waals surface area contributed by atoms with Crippen LogP contribution in [0.1, 0.15) is 27.5 Å². The SMILES string of the molecule is Cc1ccc(CC(C(=O)O)n2cc(-c3ccc(-c4ccccc4)cc3)cc(NC(=O)c3ccc(-c4ccccc4)cc3)c2=O)cc1. The van der Waals surface area contributed by atoms with Gasteiger partial charge in [0.25, 0.3) is 11.5 Å². The number of carboxylic acid groups (broad SMARTS) is 1. The summed E-state index contributed by atoms with van der Waals surface area (Å²) in [6.45, 7) is 1.96. The fourth-order valence-corrected chi connectivity index (χ4v) is 5.46. The van der Waals surface area contributed by atoms with Gasteiger partial charge in [0.2, 0.25) is 0 Å². The van der Waals surface area contributed by atoms with Gasteiger partial charge in [0.15, 0.2) is 0 Å². The third-order valence-corrected chi connectivity index (χ3v) is 8.04. The lowest BCUT2D eigenvalue weighted by atomic mass is 10.00. The van der Waals surface area contributed by atoms with Crippen molar-refractivity contribution >= 4 is 17.6 Å². The number of carbonyl (C=O) groups is 2. The third kappa shape index (κ3) is 6.71. The minimum absolute atomic E-state index is 0.00284. The molecule has 1 unspecified atom stereocenters. The number of hydrogen-bond donors (Lipinski definition) is 2. The largest absolute Gasteiger partial charge is 0.480 e. The summed E-state index contributed by atoms with van der Waals surface area (Å²) in [6.07, 6.45) is 1.66. The second kappa shape index (κ2) is 13.3. The summed E-state index contributed by atoms with van der Waals surface area (Å²) in [5.74, 6) is -1.61. The van der Waals surface area contributed by atoms with Crippen molar-refractivity contribution in [2.24, 2.45) is 0 Å². The molecule has 1 atom stereocenters. The molecule has 226 valence electrons. The molecule has 6 nitrogen and oxygen atoms in total. The predicted molar refractivity (Wildman–Crippen MR) is 183 cm³/mol. The van der Waals surface area contributed by atoms with Crippen molar-refractivity contribution in [2.75, 3.05) is 5.32 Å². The average Bonchev–Trinajstić information content (AvgIpc) is 3.10. The molecule has 0 fully saturated rings. The third-order valence-electron chi connectivity index (χ3n) is 8.04. The van der Waals surface area contributed by atoms with Crippen LogP contribution in [0.5, 0.6) is 0 Å². The number of amides is 1. The quantitative estimate of drug-likeness (QED) is 0.174. The zero-order chi connectivity index (χ0) is 32.0. The second-order valence-corrected chi connectivity index (χ2v) is 11.2. The molecule has 0 aliphatic rings. The minimum Gasteiger partial charge on any atom is -0.480 e. The molecule has 6 heteroatoms. The fourth-order valence-electron chi connectivity index (χ4n) is 5.46. The highest BCUT2D eigenvalue weighted by Crippen LogP contribution is 2.28. The highest BCUT2D eigenvalue weighted by atomic mass is 16.4. The average molecular weight is 605 g/mol. The molecule has 1 aromatic heterocycles. The second-order valence-electron chi connectivity index (χ2n) is 11.2. The Hall–Kier alpha value is -6.01. The molecule has 1 amide bonds. The van der Waals surface area contributed by atoms with Crippen molar-refractivity contribution in [3.05, 3.63) is 173 Å². The first-order valence-corrected chi connectivity index (χ1v) is 15.0. The summed E-state index contributed by atoms with van der Waals surface area (Å²) >= 11 is 0. The van der Waals surface area contributed by atoms with Gasteiger partial charge in [-0.2, -0.15) is 0 Å². The number of aryl methyl sites for hydroxylation is 1. The summed E-state index contributed by atoms with van der Waals surface area (Å²) in [4.78, 5) is 39.9. The highest BCUT2D eigenvalue weighted by Gasteiger charge is 2.24. The smallest absolute Gasteiger partial charge is 0.327 e. The maximum Gasteiger partial charge on any atom is 0.327 e. The molecule has 0 aliphatic carbocycles. The zero-order valence-corrected chi connectivity index (χ0v) is 25.3. The van der Waals surface area contributed by atoms with Gasteiger partial charge in [-0.3, -0.25) is 14.2 Å². The monoisotopic (exact) mass is 604 g/mol. The van der Waals surface area contributed by atoms with Gasteiger partial charge in [-0.25, -0.2) is 4.79 Å². The molecule has 5 aromatic carbocycles. The molecule has 0 spiro atoms. The lowest BCUT2D eigenvalue weighted by molar-refractivity contribution is -0.141. The first-order chi connectivity index (χ1) is 22.4. The topological polar surface area (TPSA) is 88.4 Å². The number of aliphatic carboxylic acids is 1.